The van der Waals surface area contributed by atoms with Crippen molar-refractivity contribution in [3.8, 4) is 5.75 Å². The van der Waals surface area contributed by atoms with E-state index in [1.807, 2.05) is 30.3 Å². The smallest absolute Gasteiger partial charge is 0.339 e. The largest absolute Gasteiger partial charge is 0.465 e. The molecule has 0 aliphatic rings. The zero-order valence-corrected chi connectivity index (χ0v) is 18.0. The molecule has 0 bridgehead atoms. The van der Waals surface area contributed by atoms with Crippen molar-refractivity contribution in [3.63, 3.8) is 0 Å². The maximum Gasteiger partial charge on any atom is 0.339 e. The molecule has 0 saturated carbocycles. The van der Waals surface area contributed by atoms with Crippen LogP contribution in [0.15, 0.2) is 89.8 Å². The van der Waals surface area contributed by atoms with Gasteiger partial charge in [0, 0.05) is 6.54 Å². The number of esters is 1. The van der Waals surface area contributed by atoms with Gasteiger partial charge in [0.15, 0.2) is 0 Å². The van der Waals surface area contributed by atoms with Crippen LogP contribution in [0.3, 0.4) is 0 Å². The summed E-state index contributed by atoms with van der Waals surface area (Å²) in [4.78, 5) is 12.5. The maximum absolute atomic E-state index is 12.4. The second kappa shape index (κ2) is 10.7. The fourth-order valence-electron chi connectivity index (χ4n) is 3.00. The van der Waals surface area contributed by atoms with Gasteiger partial charge in [-0.3, -0.25) is 4.79 Å². The summed E-state index contributed by atoms with van der Waals surface area (Å²) in [6.45, 7) is 2.60. The molecule has 7 heteroatoms. The van der Waals surface area contributed by atoms with E-state index in [0.717, 1.165) is 11.1 Å². The molecule has 3 aromatic carbocycles. The molecule has 0 aromatic heterocycles. The molecule has 0 aliphatic carbocycles. The zero-order valence-electron chi connectivity index (χ0n) is 17.2. The van der Waals surface area contributed by atoms with Crippen LogP contribution in [0.4, 0.5) is 0 Å². The average molecular weight is 440 g/mol. The fraction of sp³-hybridized carbons (Fsp3) is 0.208. The number of hydrogen-bond acceptors (Lipinski definition) is 6. The van der Waals surface area contributed by atoms with Crippen LogP contribution in [-0.2, 0) is 32.6 Å². The summed E-state index contributed by atoms with van der Waals surface area (Å²) in [6, 6.07) is 23.9. The molecule has 0 radical (unpaired) electrons. The van der Waals surface area contributed by atoms with Crippen LogP contribution in [-0.4, -0.2) is 27.0 Å². The van der Waals surface area contributed by atoms with E-state index >= 15 is 0 Å². The molecular formula is C24H25NO5S. The summed E-state index contributed by atoms with van der Waals surface area (Å²) in [7, 11) is -3.90. The minimum Gasteiger partial charge on any atom is -0.465 e. The van der Waals surface area contributed by atoms with Gasteiger partial charge in [0.1, 0.15) is 16.7 Å². The van der Waals surface area contributed by atoms with Crippen molar-refractivity contribution in [3.05, 3.63) is 96.1 Å². The van der Waals surface area contributed by atoms with Gasteiger partial charge in [-0.15, -0.1) is 0 Å². The summed E-state index contributed by atoms with van der Waals surface area (Å²) < 4.78 is 35.1. The third-order valence-electron chi connectivity index (χ3n) is 4.57. The van der Waals surface area contributed by atoms with Crippen molar-refractivity contribution in [2.45, 2.75) is 30.8 Å². The van der Waals surface area contributed by atoms with E-state index in [0.29, 0.717) is 19.6 Å². The first-order chi connectivity index (χ1) is 15.0. The molecule has 0 fully saturated rings. The number of ether oxygens (including phenoxy) is 1. The van der Waals surface area contributed by atoms with E-state index in [9.17, 15) is 13.2 Å². The zero-order chi connectivity index (χ0) is 22.1. The summed E-state index contributed by atoms with van der Waals surface area (Å²) in [5.41, 5.74) is 1.91. The lowest BCUT2D eigenvalue weighted by Crippen LogP contribution is -2.39. The van der Waals surface area contributed by atoms with Crippen molar-refractivity contribution < 1.29 is 22.1 Å². The monoisotopic (exact) mass is 439 g/mol. The molecule has 0 heterocycles. The molecule has 0 amide bonds. The van der Waals surface area contributed by atoms with Gasteiger partial charge in [-0.2, -0.15) is 8.42 Å². The summed E-state index contributed by atoms with van der Waals surface area (Å²) in [5, 5.41) is 3.24. The number of nitrogens with one attached hydrogen (secondary N) is 1. The molecule has 0 spiro atoms. The summed E-state index contributed by atoms with van der Waals surface area (Å²) in [6.07, 6.45) is 0.400. The molecule has 3 aromatic rings. The lowest BCUT2D eigenvalue weighted by Gasteiger charge is -2.18. The highest BCUT2D eigenvalue weighted by Gasteiger charge is 2.20. The third kappa shape index (κ3) is 6.67. The van der Waals surface area contributed by atoms with Crippen LogP contribution < -0.4 is 9.50 Å². The lowest BCUT2D eigenvalue weighted by molar-refractivity contribution is -0.145. The van der Waals surface area contributed by atoms with E-state index in [2.05, 4.69) is 5.32 Å². The highest BCUT2D eigenvalue weighted by Crippen LogP contribution is 2.20. The van der Waals surface area contributed by atoms with Gasteiger partial charge < -0.3 is 14.2 Å². The maximum atomic E-state index is 12.4. The minimum atomic E-state index is -3.90. The van der Waals surface area contributed by atoms with E-state index in [4.69, 9.17) is 8.92 Å². The van der Waals surface area contributed by atoms with E-state index in [1.165, 1.54) is 12.1 Å². The number of hydrogen-bond donors (Lipinski definition) is 1. The van der Waals surface area contributed by atoms with Crippen molar-refractivity contribution in [1.29, 1.82) is 0 Å². The Morgan fingerprint density at radius 1 is 0.871 bits per heavy atom. The second-order valence-electron chi connectivity index (χ2n) is 6.87. The molecule has 6 nitrogen and oxygen atoms in total. The molecule has 1 unspecified atom stereocenters. The van der Waals surface area contributed by atoms with Gasteiger partial charge in [0.25, 0.3) is 0 Å². The van der Waals surface area contributed by atoms with Crippen molar-refractivity contribution in [2.75, 3.05) is 6.61 Å². The molecule has 1 atom stereocenters. The van der Waals surface area contributed by atoms with Crippen LogP contribution in [0.5, 0.6) is 5.75 Å². The average Bonchev–Trinajstić information content (AvgIpc) is 2.79. The van der Waals surface area contributed by atoms with Gasteiger partial charge in [-0.25, -0.2) is 0 Å². The molecule has 1 N–H and O–H groups in total. The van der Waals surface area contributed by atoms with Gasteiger partial charge >= 0.3 is 16.1 Å². The van der Waals surface area contributed by atoms with Crippen LogP contribution in [0.1, 0.15) is 18.1 Å². The second-order valence-corrected chi connectivity index (χ2v) is 8.42. The van der Waals surface area contributed by atoms with Crippen molar-refractivity contribution in [1.82, 2.24) is 5.32 Å². The van der Waals surface area contributed by atoms with Crippen LogP contribution in [0.2, 0.25) is 0 Å². The van der Waals surface area contributed by atoms with Crippen molar-refractivity contribution in [2.24, 2.45) is 0 Å². The Morgan fingerprint density at radius 3 is 2.10 bits per heavy atom. The molecule has 3 rings (SSSR count). The van der Waals surface area contributed by atoms with Gasteiger partial charge in [-0.05, 0) is 48.7 Å². The Kier molecular flexibility index (Phi) is 7.81. The molecule has 162 valence electrons. The van der Waals surface area contributed by atoms with Crippen molar-refractivity contribution >= 4 is 16.1 Å². The number of benzene rings is 3. The van der Waals surface area contributed by atoms with Gasteiger partial charge in [0.2, 0.25) is 0 Å². The Labute approximate surface area is 183 Å². The predicted octanol–water partition coefficient (Wildman–Crippen LogP) is 3.72. The Hall–Kier alpha value is -3.16. The van der Waals surface area contributed by atoms with E-state index in [1.54, 1.807) is 49.4 Å². The van der Waals surface area contributed by atoms with Crippen LogP contribution in [0.25, 0.3) is 0 Å². The number of carbonyl (C=O) groups excluding carboxylic acids is 1. The Bertz CT molecular complexity index is 1070. The quantitative estimate of drug-likeness (QED) is 0.383. The Morgan fingerprint density at radius 2 is 1.48 bits per heavy atom. The minimum absolute atomic E-state index is 0.0894. The normalized spacial score (nSPS) is 12.2. The van der Waals surface area contributed by atoms with Gasteiger partial charge in [0.05, 0.1) is 6.61 Å². The molecule has 31 heavy (non-hydrogen) atoms. The van der Waals surface area contributed by atoms with Gasteiger partial charge in [-0.1, -0.05) is 60.7 Å². The SMILES string of the molecule is CCOC(=O)C(Cc1ccc(OS(=O)(=O)c2ccccc2)cc1)NCc1ccccc1. The fourth-order valence-corrected chi connectivity index (χ4v) is 3.95. The first-order valence-electron chi connectivity index (χ1n) is 10.0. The summed E-state index contributed by atoms with van der Waals surface area (Å²) >= 11 is 0. The van der Waals surface area contributed by atoms with E-state index in [-0.39, 0.29) is 16.6 Å². The standard InChI is InChI=1S/C24H25NO5S/c1-2-29-24(26)23(25-18-20-9-5-3-6-10-20)17-19-13-15-21(16-14-19)30-31(27,28)22-11-7-4-8-12-22/h3-16,23,25H,2,17-18H2,1H3. The predicted molar refractivity (Wildman–Crippen MR) is 118 cm³/mol. The Balaban J connectivity index is 1.66. The number of rotatable bonds is 10. The van der Waals surface area contributed by atoms with E-state index < -0.39 is 16.2 Å². The lowest BCUT2D eigenvalue weighted by atomic mass is 10.1. The topological polar surface area (TPSA) is 81.7 Å². The molecular weight excluding hydrogens is 414 g/mol. The van der Waals surface area contributed by atoms with Crippen LogP contribution >= 0.6 is 0 Å². The molecule has 0 saturated heterocycles. The molecule has 0 aliphatic heterocycles. The third-order valence-corrected chi connectivity index (χ3v) is 5.83. The number of carbonyl (C=O) groups is 1. The highest BCUT2D eigenvalue weighted by molar-refractivity contribution is 7.87. The first kappa shape index (κ1) is 22.5. The summed E-state index contributed by atoms with van der Waals surface area (Å²) in [5.74, 6) is -0.122. The first-order valence-corrected chi connectivity index (χ1v) is 11.4. The highest BCUT2D eigenvalue weighted by atomic mass is 32.2. The van der Waals surface area contributed by atoms with Crippen LogP contribution in [0, 0.1) is 0 Å².